The lowest BCUT2D eigenvalue weighted by molar-refractivity contribution is -0.138. The van der Waals surface area contributed by atoms with E-state index in [1.807, 2.05) is 0 Å². The van der Waals surface area contributed by atoms with Crippen molar-refractivity contribution in [3.63, 3.8) is 0 Å². The molecule has 2 aliphatic carbocycles. The normalized spacial score (nSPS) is 23.2. The van der Waals surface area contributed by atoms with Crippen molar-refractivity contribution in [2.75, 3.05) is 0 Å². The molecule has 0 heterocycles. The highest BCUT2D eigenvalue weighted by molar-refractivity contribution is 5.87. The highest BCUT2D eigenvalue weighted by Gasteiger charge is 2.54. The molecule has 0 aromatic heterocycles. The molecule has 0 atom stereocenters. The molecule has 4 nitrogen and oxygen atoms in total. The van der Waals surface area contributed by atoms with Crippen LogP contribution < -0.4 is 5.32 Å². The van der Waals surface area contributed by atoms with Crippen LogP contribution in [0.2, 0.25) is 0 Å². The topological polar surface area (TPSA) is 66.4 Å². The molecule has 2 N–H and O–H groups in total. The zero-order valence-corrected chi connectivity index (χ0v) is 10.6. The quantitative estimate of drug-likeness (QED) is 0.744. The fourth-order valence-corrected chi connectivity index (χ4v) is 2.62. The van der Waals surface area contributed by atoms with E-state index in [4.69, 9.17) is 5.11 Å². The lowest BCUT2D eigenvalue weighted by Gasteiger charge is -2.22. The molecule has 96 valence electrons. The van der Waals surface area contributed by atoms with Crippen LogP contribution in [0, 0.1) is 11.3 Å². The molecule has 4 heteroatoms. The van der Waals surface area contributed by atoms with Gasteiger partial charge in [-0.15, -0.1) is 0 Å². The Bertz CT molecular complexity index is 341. The van der Waals surface area contributed by atoms with Crippen molar-refractivity contribution in [2.45, 2.75) is 57.9 Å². The molecule has 2 rings (SSSR count). The van der Waals surface area contributed by atoms with E-state index < -0.39 is 11.5 Å². The van der Waals surface area contributed by atoms with Crippen molar-refractivity contribution < 1.29 is 14.7 Å². The summed E-state index contributed by atoms with van der Waals surface area (Å²) in [5.41, 5.74) is -0.599. The minimum atomic E-state index is -0.823. The van der Waals surface area contributed by atoms with E-state index in [1.54, 1.807) is 0 Å². The van der Waals surface area contributed by atoms with Crippen molar-refractivity contribution in [3.8, 4) is 0 Å². The average molecular weight is 239 g/mol. The summed E-state index contributed by atoms with van der Waals surface area (Å²) in [7, 11) is 0. The third kappa shape index (κ3) is 2.79. The molecule has 0 saturated heterocycles. The summed E-state index contributed by atoms with van der Waals surface area (Å²) in [6.45, 7) is 4.25. The summed E-state index contributed by atoms with van der Waals surface area (Å²) in [6, 6.07) is 0. The van der Waals surface area contributed by atoms with Gasteiger partial charge in [0.15, 0.2) is 0 Å². The van der Waals surface area contributed by atoms with Gasteiger partial charge in [0, 0.05) is 5.41 Å². The molecule has 0 aliphatic heterocycles. The number of carbonyl (C=O) groups is 2. The van der Waals surface area contributed by atoms with Gasteiger partial charge >= 0.3 is 5.97 Å². The first kappa shape index (κ1) is 12.4. The Morgan fingerprint density at radius 3 is 2.18 bits per heavy atom. The molecular formula is C13H21NO3. The number of carboxylic acids is 1. The van der Waals surface area contributed by atoms with Crippen molar-refractivity contribution in [1.82, 2.24) is 5.32 Å². The third-order valence-corrected chi connectivity index (χ3v) is 3.86. The SMILES string of the molecule is CC(C)CC1(C(=O)NC2(CC(=O)O)CC2)CC1. The number of hydrogen-bond donors (Lipinski definition) is 2. The van der Waals surface area contributed by atoms with E-state index in [0.29, 0.717) is 5.92 Å². The summed E-state index contributed by atoms with van der Waals surface area (Å²) in [6.07, 6.45) is 4.52. The first-order chi connectivity index (χ1) is 7.88. The van der Waals surface area contributed by atoms with Gasteiger partial charge in [0.2, 0.25) is 5.91 Å². The predicted octanol–water partition coefficient (Wildman–Crippen LogP) is 1.94. The van der Waals surface area contributed by atoms with Crippen LogP contribution in [-0.4, -0.2) is 22.5 Å². The monoisotopic (exact) mass is 239 g/mol. The predicted molar refractivity (Wildman–Crippen MR) is 63.5 cm³/mol. The number of carboxylic acid groups (broad SMARTS) is 1. The second-order valence-corrected chi connectivity index (χ2v) is 6.18. The van der Waals surface area contributed by atoms with Crippen molar-refractivity contribution in [3.05, 3.63) is 0 Å². The lowest BCUT2D eigenvalue weighted by Crippen LogP contribution is -2.43. The second kappa shape index (κ2) is 4.00. The number of rotatable bonds is 6. The van der Waals surface area contributed by atoms with Crippen LogP contribution in [0.1, 0.15) is 52.4 Å². The van der Waals surface area contributed by atoms with E-state index in [9.17, 15) is 9.59 Å². The number of carbonyl (C=O) groups excluding carboxylic acids is 1. The van der Waals surface area contributed by atoms with Crippen LogP contribution in [0.4, 0.5) is 0 Å². The van der Waals surface area contributed by atoms with Gasteiger partial charge in [-0.2, -0.15) is 0 Å². The molecular weight excluding hydrogens is 218 g/mol. The van der Waals surface area contributed by atoms with Crippen LogP contribution in [0.25, 0.3) is 0 Å². The Kier molecular flexibility index (Phi) is 2.92. The van der Waals surface area contributed by atoms with Gasteiger partial charge in [-0.25, -0.2) is 0 Å². The fraction of sp³-hybridized carbons (Fsp3) is 0.846. The van der Waals surface area contributed by atoms with Crippen LogP contribution in [0.3, 0.4) is 0 Å². The number of amides is 1. The molecule has 2 fully saturated rings. The Hall–Kier alpha value is -1.06. The standard InChI is InChI=1S/C13H21NO3/c1-9(2)7-12(3-4-12)11(17)14-13(5-6-13)8-10(15)16/h9H,3-8H2,1-2H3,(H,14,17)(H,15,16). The van der Waals surface area contributed by atoms with Crippen molar-refractivity contribution in [2.24, 2.45) is 11.3 Å². The molecule has 0 radical (unpaired) electrons. The Morgan fingerprint density at radius 1 is 1.24 bits per heavy atom. The van der Waals surface area contributed by atoms with E-state index >= 15 is 0 Å². The Labute approximate surface area is 102 Å². The zero-order chi connectivity index (χ0) is 12.7. The minimum absolute atomic E-state index is 0.0660. The van der Waals surface area contributed by atoms with Crippen molar-refractivity contribution >= 4 is 11.9 Å². The van der Waals surface area contributed by atoms with Crippen LogP contribution in [0.5, 0.6) is 0 Å². The lowest BCUT2D eigenvalue weighted by atomic mass is 9.93. The fourth-order valence-electron chi connectivity index (χ4n) is 2.62. The van der Waals surface area contributed by atoms with Gasteiger partial charge in [-0.1, -0.05) is 13.8 Å². The molecule has 0 aromatic rings. The molecule has 0 spiro atoms. The summed E-state index contributed by atoms with van der Waals surface area (Å²) >= 11 is 0. The average Bonchev–Trinajstić information content (AvgIpc) is 3.03. The molecule has 1 amide bonds. The summed E-state index contributed by atoms with van der Waals surface area (Å²) in [4.78, 5) is 22.9. The minimum Gasteiger partial charge on any atom is -0.481 e. The molecule has 2 saturated carbocycles. The van der Waals surface area contributed by atoms with E-state index in [2.05, 4.69) is 19.2 Å². The number of nitrogens with one attached hydrogen (secondary N) is 1. The van der Waals surface area contributed by atoms with Gasteiger partial charge in [-0.05, 0) is 38.0 Å². The second-order valence-electron chi connectivity index (χ2n) is 6.18. The Morgan fingerprint density at radius 2 is 1.82 bits per heavy atom. The van der Waals surface area contributed by atoms with Gasteiger partial charge < -0.3 is 10.4 Å². The highest BCUT2D eigenvalue weighted by Crippen LogP contribution is 2.52. The number of aliphatic carboxylic acids is 1. The van der Waals surface area contributed by atoms with E-state index in [-0.39, 0.29) is 17.7 Å². The van der Waals surface area contributed by atoms with Crippen molar-refractivity contribution in [1.29, 1.82) is 0 Å². The molecule has 17 heavy (non-hydrogen) atoms. The first-order valence-corrected chi connectivity index (χ1v) is 6.42. The van der Waals surface area contributed by atoms with Crippen LogP contribution >= 0.6 is 0 Å². The molecule has 0 aromatic carbocycles. The van der Waals surface area contributed by atoms with Crippen LogP contribution in [-0.2, 0) is 9.59 Å². The van der Waals surface area contributed by atoms with Gasteiger partial charge in [0.25, 0.3) is 0 Å². The first-order valence-electron chi connectivity index (χ1n) is 6.42. The zero-order valence-electron chi connectivity index (χ0n) is 10.6. The molecule has 2 aliphatic rings. The summed E-state index contributed by atoms with van der Waals surface area (Å²) in [5, 5.41) is 11.8. The van der Waals surface area contributed by atoms with Gasteiger partial charge in [0.1, 0.15) is 0 Å². The highest BCUT2D eigenvalue weighted by atomic mass is 16.4. The molecule has 0 bridgehead atoms. The van der Waals surface area contributed by atoms with E-state index in [0.717, 1.165) is 32.1 Å². The maximum absolute atomic E-state index is 12.2. The largest absolute Gasteiger partial charge is 0.481 e. The van der Waals surface area contributed by atoms with Crippen LogP contribution in [0.15, 0.2) is 0 Å². The van der Waals surface area contributed by atoms with Gasteiger partial charge in [0.05, 0.1) is 12.0 Å². The maximum atomic E-state index is 12.2. The van der Waals surface area contributed by atoms with Gasteiger partial charge in [-0.3, -0.25) is 9.59 Å². The maximum Gasteiger partial charge on any atom is 0.305 e. The summed E-state index contributed by atoms with van der Waals surface area (Å²) in [5.74, 6) is -0.223. The third-order valence-electron chi connectivity index (χ3n) is 3.86. The van der Waals surface area contributed by atoms with E-state index in [1.165, 1.54) is 0 Å². The Balaban J connectivity index is 1.91. The smallest absolute Gasteiger partial charge is 0.305 e. The molecule has 0 unspecified atom stereocenters. The number of hydrogen-bond acceptors (Lipinski definition) is 2. The summed E-state index contributed by atoms with van der Waals surface area (Å²) < 4.78 is 0.